The van der Waals surface area contributed by atoms with Gasteiger partial charge in [0, 0.05) is 11.8 Å². The Balaban J connectivity index is 1.87. The fraction of sp³-hybridized carbons (Fsp3) is 0.438. The molecule has 1 atom stereocenters. The lowest BCUT2D eigenvalue weighted by atomic mass is 9.91. The first-order valence-corrected chi connectivity index (χ1v) is 7.58. The highest BCUT2D eigenvalue weighted by atomic mass is 16.5. The van der Waals surface area contributed by atoms with Crippen LogP contribution < -0.4 is 10.9 Å². The topological polar surface area (TPSA) is 88.0 Å². The zero-order chi connectivity index (χ0) is 15.7. The second-order valence-electron chi connectivity index (χ2n) is 5.59. The van der Waals surface area contributed by atoms with Gasteiger partial charge in [-0.05, 0) is 44.2 Å². The van der Waals surface area contributed by atoms with Crippen LogP contribution in [-0.4, -0.2) is 16.0 Å². The van der Waals surface area contributed by atoms with Crippen molar-refractivity contribution < 1.29 is 9.32 Å². The van der Waals surface area contributed by atoms with Gasteiger partial charge >= 0.3 is 0 Å². The van der Waals surface area contributed by atoms with Crippen LogP contribution in [0.2, 0.25) is 0 Å². The molecular formula is C16H19N3O3. The van der Waals surface area contributed by atoms with Crippen LogP contribution in [0.5, 0.6) is 0 Å². The Morgan fingerprint density at radius 1 is 1.50 bits per heavy atom. The summed E-state index contributed by atoms with van der Waals surface area (Å²) in [6.07, 6.45) is 3.27. The number of hydrogen-bond donors (Lipinski definition) is 2. The van der Waals surface area contributed by atoms with Crippen LogP contribution in [0.1, 0.15) is 58.9 Å². The van der Waals surface area contributed by atoms with Crippen LogP contribution in [0.25, 0.3) is 0 Å². The summed E-state index contributed by atoms with van der Waals surface area (Å²) in [5.41, 5.74) is 3.01. The molecule has 116 valence electrons. The van der Waals surface area contributed by atoms with Gasteiger partial charge in [-0.2, -0.15) is 0 Å². The fourth-order valence-electron chi connectivity index (χ4n) is 3.03. The van der Waals surface area contributed by atoms with Gasteiger partial charge in [0.15, 0.2) is 0 Å². The number of rotatable bonds is 3. The van der Waals surface area contributed by atoms with E-state index in [-0.39, 0.29) is 17.5 Å². The van der Waals surface area contributed by atoms with Gasteiger partial charge in [0.05, 0.1) is 11.7 Å². The number of pyridine rings is 1. The number of aromatic amines is 1. The van der Waals surface area contributed by atoms with Crippen molar-refractivity contribution in [3.05, 3.63) is 50.8 Å². The number of aryl methyl sites for hydroxylation is 3. The van der Waals surface area contributed by atoms with Crippen LogP contribution in [0.3, 0.4) is 0 Å². The highest BCUT2D eigenvalue weighted by molar-refractivity contribution is 5.96. The summed E-state index contributed by atoms with van der Waals surface area (Å²) in [5.74, 6) is 0.367. The largest absolute Gasteiger partial charge is 0.361 e. The lowest BCUT2D eigenvalue weighted by Gasteiger charge is -2.25. The molecule has 1 amide bonds. The van der Waals surface area contributed by atoms with E-state index in [9.17, 15) is 9.59 Å². The zero-order valence-corrected chi connectivity index (χ0v) is 12.7. The predicted octanol–water partition coefficient (Wildman–Crippen LogP) is 2.04. The van der Waals surface area contributed by atoms with Crippen LogP contribution in [-0.2, 0) is 12.8 Å². The molecule has 0 radical (unpaired) electrons. The van der Waals surface area contributed by atoms with Gasteiger partial charge in [0.2, 0.25) is 5.56 Å². The highest BCUT2D eigenvalue weighted by Gasteiger charge is 2.26. The van der Waals surface area contributed by atoms with Crippen molar-refractivity contribution in [2.45, 2.75) is 45.6 Å². The van der Waals surface area contributed by atoms with E-state index < -0.39 is 0 Å². The SMILES string of the molecule is CCc1noc(C)c1C(=O)NC1CCCc2[nH]c(=O)ccc21. The molecule has 1 unspecified atom stereocenters. The maximum atomic E-state index is 12.6. The Hall–Kier alpha value is -2.37. The van der Waals surface area contributed by atoms with E-state index in [1.54, 1.807) is 13.0 Å². The third kappa shape index (κ3) is 2.56. The Labute approximate surface area is 127 Å². The number of carbonyl (C=O) groups is 1. The Morgan fingerprint density at radius 2 is 2.32 bits per heavy atom. The predicted molar refractivity (Wildman–Crippen MR) is 80.8 cm³/mol. The van der Waals surface area contributed by atoms with Crippen LogP contribution >= 0.6 is 0 Å². The van der Waals surface area contributed by atoms with E-state index in [4.69, 9.17) is 4.52 Å². The number of amides is 1. The van der Waals surface area contributed by atoms with E-state index in [2.05, 4.69) is 15.5 Å². The first-order chi connectivity index (χ1) is 10.6. The molecule has 2 aromatic rings. The smallest absolute Gasteiger partial charge is 0.257 e. The molecule has 3 rings (SSSR count). The summed E-state index contributed by atoms with van der Waals surface area (Å²) in [6.45, 7) is 3.68. The lowest BCUT2D eigenvalue weighted by molar-refractivity contribution is 0.0930. The first-order valence-electron chi connectivity index (χ1n) is 7.58. The van der Waals surface area contributed by atoms with Gasteiger partial charge in [-0.25, -0.2) is 0 Å². The van der Waals surface area contributed by atoms with E-state index in [1.165, 1.54) is 6.07 Å². The minimum atomic E-state index is -0.167. The van der Waals surface area contributed by atoms with Gasteiger partial charge in [-0.15, -0.1) is 0 Å². The number of hydrogen-bond acceptors (Lipinski definition) is 4. The van der Waals surface area contributed by atoms with Crippen LogP contribution in [0, 0.1) is 6.92 Å². The first kappa shape index (κ1) is 14.6. The molecule has 2 N–H and O–H groups in total. The van der Waals surface area contributed by atoms with Crippen molar-refractivity contribution in [2.24, 2.45) is 0 Å². The second kappa shape index (κ2) is 5.79. The second-order valence-corrected chi connectivity index (χ2v) is 5.59. The van der Waals surface area contributed by atoms with Crippen molar-refractivity contribution in [1.29, 1.82) is 0 Å². The minimum absolute atomic E-state index is 0.0906. The molecule has 2 heterocycles. The van der Waals surface area contributed by atoms with E-state index >= 15 is 0 Å². The van der Waals surface area contributed by atoms with Gasteiger partial charge in [0.1, 0.15) is 11.3 Å². The van der Waals surface area contributed by atoms with E-state index in [1.807, 2.05) is 6.92 Å². The summed E-state index contributed by atoms with van der Waals surface area (Å²) in [7, 11) is 0. The molecule has 6 heteroatoms. The zero-order valence-electron chi connectivity index (χ0n) is 12.7. The molecule has 2 aromatic heterocycles. The van der Waals surface area contributed by atoms with E-state index in [0.29, 0.717) is 23.4 Å². The average molecular weight is 301 g/mol. The van der Waals surface area contributed by atoms with Gasteiger partial charge in [0.25, 0.3) is 5.91 Å². The molecule has 0 spiro atoms. The molecule has 0 bridgehead atoms. The van der Waals surface area contributed by atoms with Gasteiger partial charge in [-0.1, -0.05) is 12.1 Å². The molecule has 22 heavy (non-hydrogen) atoms. The van der Waals surface area contributed by atoms with Crippen molar-refractivity contribution in [1.82, 2.24) is 15.5 Å². The molecule has 1 aliphatic rings. The summed E-state index contributed by atoms with van der Waals surface area (Å²) < 4.78 is 5.12. The molecule has 0 fully saturated rings. The van der Waals surface area contributed by atoms with Crippen molar-refractivity contribution in [3.63, 3.8) is 0 Å². The van der Waals surface area contributed by atoms with Gasteiger partial charge < -0.3 is 14.8 Å². The number of H-pyrrole nitrogens is 1. The summed E-state index contributed by atoms with van der Waals surface area (Å²) in [5, 5.41) is 6.97. The van der Waals surface area contributed by atoms with Crippen molar-refractivity contribution in [2.75, 3.05) is 0 Å². The number of carbonyl (C=O) groups excluding carboxylic acids is 1. The van der Waals surface area contributed by atoms with Crippen LogP contribution in [0.4, 0.5) is 0 Å². The summed E-state index contributed by atoms with van der Waals surface area (Å²) in [4.78, 5) is 26.9. The number of nitrogens with one attached hydrogen (secondary N) is 2. The van der Waals surface area contributed by atoms with Gasteiger partial charge in [-0.3, -0.25) is 9.59 Å². The van der Waals surface area contributed by atoms with Crippen LogP contribution in [0.15, 0.2) is 21.5 Å². The summed E-state index contributed by atoms with van der Waals surface area (Å²) in [6, 6.07) is 3.22. The fourth-order valence-corrected chi connectivity index (χ4v) is 3.03. The molecular weight excluding hydrogens is 282 g/mol. The lowest BCUT2D eigenvalue weighted by Crippen LogP contribution is -2.32. The minimum Gasteiger partial charge on any atom is -0.361 e. The number of aromatic nitrogens is 2. The highest BCUT2D eigenvalue weighted by Crippen LogP contribution is 2.28. The molecule has 1 aliphatic carbocycles. The quantitative estimate of drug-likeness (QED) is 0.908. The Morgan fingerprint density at radius 3 is 3.09 bits per heavy atom. The number of nitrogens with zero attached hydrogens (tertiary/aromatic N) is 1. The number of fused-ring (bicyclic) bond motifs is 1. The molecule has 6 nitrogen and oxygen atoms in total. The molecule has 0 aromatic carbocycles. The molecule has 0 saturated heterocycles. The standard InChI is InChI=1S/C16H19N3O3/c1-3-11-15(9(2)22-19-11)16(21)18-13-6-4-5-12-10(13)7-8-14(20)17-12/h7-8,13H,3-6H2,1-2H3,(H,17,20)(H,18,21). The van der Waals surface area contributed by atoms with E-state index in [0.717, 1.165) is 30.5 Å². The summed E-state index contributed by atoms with van der Waals surface area (Å²) >= 11 is 0. The maximum absolute atomic E-state index is 12.6. The molecule has 0 saturated carbocycles. The third-order valence-corrected chi connectivity index (χ3v) is 4.13. The Kier molecular flexibility index (Phi) is 3.83. The normalized spacial score (nSPS) is 17.1. The average Bonchev–Trinajstić information content (AvgIpc) is 2.88. The maximum Gasteiger partial charge on any atom is 0.257 e. The van der Waals surface area contributed by atoms with Crippen molar-refractivity contribution in [3.8, 4) is 0 Å². The third-order valence-electron chi connectivity index (χ3n) is 4.13. The monoisotopic (exact) mass is 301 g/mol. The Bertz CT molecular complexity index is 760. The molecule has 0 aliphatic heterocycles. The van der Waals surface area contributed by atoms with Crippen molar-refractivity contribution >= 4 is 5.91 Å².